The number of alkyl halides is 3. The number of carbonyl (C=O) groups excluding carboxylic acids is 1. The Morgan fingerprint density at radius 3 is 2.50 bits per heavy atom. The first-order chi connectivity index (χ1) is 19.2. The number of anilines is 4. The molecule has 1 amide bonds. The van der Waals surface area contributed by atoms with Crippen LogP contribution in [-0.2, 0) is 12.6 Å². The number of nitrogens with zero attached hydrogens (tertiary/aromatic N) is 4. The molecule has 0 aliphatic carbocycles. The van der Waals surface area contributed by atoms with Gasteiger partial charge in [-0.05, 0) is 66.6 Å². The first-order valence-electron chi connectivity index (χ1n) is 12.7. The van der Waals surface area contributed by atoms with E-state index in [0.717, 1.165) is 11.6 Å². The van der Waals surface area contributed by atoms with E-state index in [-0.39, 0.29) is 24.2 Å². The molecule has 0 unspecified atom stereocenters. The van der Waals surface area contributed by atoms with Crippen LogP contribution in [0.15, 0.2) is 72.9 Å². The Hall–Kier alpha value is -4.15. The van der Waals surface area contributed by atoms with Crippen molar-refractivity contribution in [2.45, 2.75) is 18.6 Å². The number of halogens is 4. The summed E-state index contributed by atoms with van der Waals surface area (Å²) in [5.41, 5.74) is 8.93. The smallest absolute Gasteiger partial charge is 0.340 e. The zero-order chi connectivity index (χ0) is 28.0. The van der Waals surface area contributed by atoms with Crippen LogP contribution in [0.2, 0.25) is 5.02 Å². The Morgan fingerprint density at radius 2 is 1.77 bits per heavy atom. The van der Waals surface area contributed by atoms with Crippen molar-refractivity contribution in [2.24, 2.45) is 5.73 Å². The molecule has 0 saturated carbocycles. The van der Waals surface area contributed by atoms with Crippen molar-refractivity contribution < 1.29 is 18.0 Å². The number of nitrogens with one attached hydrogen (secondary N) is 1. The van der Waals surface area contributed by atoms with E-state index < -0.39 is 11.7 Å². The average molecular weight is 565 g/mol. The van der Waals surface area contributed by atoms with Gasteiger partial charge in [0.05, 0.1) is 22.6 Å². The minimum Gasteiger partial charge on any atom is -0.340 e. The van der Waals surface area contributed by atoms with Gasteiger partial charge in [0, 0.05) is 53.7 Å². The van der Waals surface area contributed by atoms with Crippen molar-refractivity contribution in [3.63, 3.8) is 0 Å². The second-order valence-corrected chi connectivity index (χ2v) is 10.3. The molecule has 7 nitrogen and oxygen atoms in total. The Balaban J connectivity index is 1.32. The van der Waals surface area contributed by atoms with E-state index in [0.29, 0.717) is 58.7 Å². The monoisotopic (exact) mass is 564 g/mol. The van der Waals surface area contributed by atoms with Crippen LogP contribution >= 0.6 is 11.6 Å². The lowest BCUT2D eigenvalue weighted by atomic mass is 10.0. The third-order valence-electron chi connectivity index (χ3n) is 7.06. The highest BCUT2D eigenvalue weighted by Gasteiger charge is 2.36. The van der Waals surface area contributed by atoms with Crippen molar-refractivity contribution in [2.75, 3.05) is 29.9 Å². The van der Waals surface area contributed by atoms with E-state index in [4.69, 9.17) is 22.3 Å². The van der Waals surface area contributed by atoms with Crippen molar-refractivity contribution in [1.29, 1.82) is 0 Å². The molecule has 1 aromatic heterocycles. The lowest BCUT2D eigenvalue weighted by Gasteiger charge is -2.36. The molecule has 3 aromatic carbocycles. The minimum absolute atomic E-state index is 0.0304. The van der Waals surface area contributed by atoms with E-state index in [2.05, 4.69) is 10.3 Å². The molecule has 0 spiro atoms. The summed E-state index contributed by atoms with van der Waals surface area (Å²) >= 11 is 6.33. The van der Waals surface area contributed by atoms with Crippen LogP contribution in [0.4, 0.5) is 36.2 Å². The molecular weight excluding hydrogens is 541 g/mol. The summed E-state index contributed by atoms with van der Waals surface area (Å²) in [5, 5.41) is 3.57. The number of hydrogen-bond acceptors (Lipinski definition) is 6. The van der Waals surface area contributed by atoms with Gasteiger partial charge >= 0.3 is 6.18 Å². The molecule has 3 heterocycles. The molecule has 0 radical (unpaired) electrons. The van der Waals surface area contributed by atoms with E-state index in [9.17, 15) is 18.0 Å². The standard InChI is InChI=1S/C29H24ClF3N6O/c30-19-7-10-22-25(13-19)39(24-4-2-1-3-23(24)29(31,32)33)12-11-18-14-35-28(37-26(18)22)36-21-8-5-17(6-9-21)27(40)38-15-20(34)16-38/h1-10,13-14,20H,11-12,15-16,34H2,(H,35,36,37). The molecule has 3 N–H and O–H groups in total. The van der Waals surface area contributed by atoms with Gasteiger partial charge in [0.25, 0.3) is 5.91 Å². The number of nitrogens with two attached hydrogens (primary N) is 1. The fourth-order valence-corrected chi connectivity index (χ4v) is 5.22. The molecule has 4 aromatic rings. The van der Waals surface area contributed by atoms with Gasteiger partial charge < -0.3 is 20.9 Å². The summed E-state index contributed by atoms with van der Waals surface area (Å²) in [6, 6.07) is 17.7. The molecule has 2 aliphatic heterocycles. The van der Waals surface area contributed by atoms with Gasteiger partial charge in [0.1, 0.15) is 0 Å². The van der Waals surface area contributed by atoms with Gasteiger partial charge in [-0.1, -0.05) is 23.7 Å². The normalized spacial score (nSPS) is 15.1. The maximum Gasteiger partial charge on any atom is 0.418 e. The number of amides is 1. The lowest BCUT2D eigenvalue weighted by Crippen LogP contribution is -2.57. The Bertz CT molecular complexity index is 1590. The zero-order valence-corrected chi connectivity index (χ0v) is 21.9. The largest absolute Gasteiger partial charge is 0.418 e. The highest BCUT2D eigenvalue weighted by Crippen LogP contribution is 2.44. The maximum absolute atomic E-state index is 13.9. The summed E-state index contributed by atoms with van der Waals surface area (Å²) in [5.74, 6) is 0.248. The summed E-state index contributed by atoms with van der Waals surface area (Å²) in [7, 11) is 0. The van der Waals surface area contributed by atoms with Crippen molar-refractivity contribution in [3.05, 3.63) is 94.6 Å². The highest BCUT2D eigenvalue weighted by atomic mass is 35.5. The first kappa shape index (κ1) is 26.1. The van der Waals surface area contributed by atoms with Crippen LogP contribution in [0.5, 0.6) is 0 Å². The third kappa shape index (κ3) is 4.96. The van der Waals surface area contributed by atoms with Crippen LogP contribution < -0.4 is 16.0 Å². The third-order valence-corrected chi connectivity index (χ3v) is 7.30. The van der Waals surface area contributed by atoms with Crippen LogP contribution in [0.1, 0.15) is 21.5 Å². The second kappa shape index (κ2) is 10.1. The van der Waals surface area contributed by atoms with Gasteiger partial charge in [0.2, 0.25) is 5.95 Å². The van der Waals surface area contributed by atoms with E-state index in [1.165, 1.54) is 12.1 Å². The second-order valence-electron chi connectivity index (χ2n) is 9.82. The molecule has 11 heteroatoms. The van der Waals surface area contributed by atoms with Crippen LogP contribution in [-0.4, -0.2) is 46.5 Å². The van der Waals surface area contributed by atoms with Gasteiger partial charge in [0.15, 0.2) is 0 Å². The Labute approximate surface area is 233 Å². The molecule has 1 saturated heterocycles. The molecule has 204 valence electrons. The van der Waals surface area contributed by atoms with E-state index >= 15 is 0 Å². The predicted molar refractivity (Wildman–Crippen MR) is 148 cm³/mol. The Kier molecular flexibility index (Phi) is 6.59. The summed E-state index contributed by atoms with van der Waals surface area (Å²) < 4.78 is 41.8. The van der Waals surface area contributed by atoms with Crippen LogP contribution in [0, 0.1) is 0 Å². The number of aromatic nitrogens is 2. The quantitative estimate of drug-likeness (QED) is 0.314. The summed E-state index contributed by atoms with van der Waals surface area (Å²) in [6.45, 7) is 1.38. The SMILES string of the molecule is NC1CN(C(=O)c2ccc(Nc3ncc4c(n3)-c3ccc(Cl)cc3N(c3ccccc3C(F)(F)F)CC4)cc2)C1. The fourth-order valence-electron chi connectivity index (χ4n) is 5.05. The van der Waals surface area contributed by atoms with E-state index in [1.54, 1.807) is 64.5 Å². The average Bonchev–Trinajstić information content (AvgIpc) is 3.07. The number of fused-ring (bicyclic) bond motifs is 3. The number of carbonyl (C=O) groups is 1. The Morgan fingerprint density at radius 1 is 1.02 bits per heavy atom. The van der Waals surface area contributed by atoms with Gasteiger partial charge in [-0.25, -0.2) is 9.97 Å². The first-order valence-corrected chi connectivity index (χ1v) is 13.1. The topological polar surface area (TPSA) is 87.4 Å². The molecule has 1 fully saturated rings. The maximum atomic E-state index is 13.9. The fraction of sp³-hybridized carbons (Fsp3) is 0.207. The number of likely N-dealkylation sites (tertiary alicyclic amines) is 1. The number of hydrogen-bond donors (Lipinski definition) is 2. The molecule has 0 bridgehead atoms. The van der Waals surface area contributed by atoms with Gasteiger partial charge in [-0.3, -0.25) is 4.79 Å². The van der Waals surface area contributed by atoms with Gasteiger partial charge in [-0.15, -0.1) is 0 Å². The predicted octanol–water partition coefficient (Wildman–Crippen LogP) is 6.04. The number of benzene rings is 3. The molecule has 40 heavy (non-hydrogen) atoms. The summed E-state index contributed by atoms with van der Waals surface area (Å²) in [6.07, 6.45) is -2.41. The van der Waals surface area contributed by atoms with Crippen LogP contribution in [0.25, 0.3) is 11.3 Å². The minimum atomic E-state index is -4.52. The molecule has 2 aliphatic rings. The number of rotatable bonds is 4. The highest BCUT2D eigenvalue weighted by molar-refractivity contribution is 6.31. The number of para-hydroxylation sites is 1. The molecular formula is C29H24ClF3N6O. The molecule has 0 atom stereocenters. The zero-order valence-electron chi connectivity index (χ0n) is 21.1. The van der Waals surface area contributed by atoms with Crippen LogP contribution in [0.3, 0.4) is 0 Å². The van der Waals surface area contributed by atoms with Crippen molar-refractivity contribution in [3.8, 4) is 11.3 Å². The molecule has 6 rings (SSSR count). The summed E-state index contributed by atoms with van der Waals surface area (Å²) in [4.78, 5) is 25.1. The lowest BCUT2D eigenvalue weighted by molar-refractivity contribution is -0.137. The van der Waals surface area contributed by atoms with E-state index in [1.807, 2.05) is 0 Å². The van der Waals surface area contributed by atoms with Crippen molar-refractivity contribution in [1.82, 2.24) is 14.9 Å². The van der Waals surface area contributed by atoms with Crippen molar-refractivity contribution >= 4 is 40.5 Å². The van der Waals surface area contributed by atoms with Gasteiger partial charge in [-0.2, -0.15) is 13.2 Å².